The number of hydrogen-bond acceptors (Lipinski definition) is 5. The van der Waals surface area contributed by atoms with Gasteiger partial charge in [0.15, 0.2) is 5.58 Å². The third kappa shape index (κ3) is 3.67. The topological polar surface area (TPSA) is 65.4 Å². The van der Waals surface area contributed by atoms with Gasteiger partial charge in [-0.3, -0.25) is 14.9 Å². The van der Waals surface area contributed by atoms with Crippen LogP contribution >= 0.6 is 0 Å². The molecule has 29 heavy (non-hydrogen) atoms. The number of pyridine rings is 1. The SMILES string of the molecule is O=c1[nH]c2cccc(N3CCN(Cc4cccc(-c5ccccc5)n4)CC3)c2o1. The molecule has 2 aromatic carbocycles. The molecule has 0 amide bonds. The second-order valence-corrected chi connectivity index (χ2v) is 7.31. The molecule has 1 saturated heterocycles. The zero-order valence-corrected chi connectivity index (χ0v) is 16.0. The number of H-pyrrole nitrogens is 1. The fourth-order valence-corrected chi connectivity index (χ4v) is 3.92. The quantitative estimate of drug-likeness (QED) is 0.581. The number of anilines is 1. The average Bonchev–Trinajstić information content (AvgIpc) is 3.15. The molecule has 1 aliphatic heterocycles. The van der Waals surface area contributed by atoms with Gasteiger partial charge in [0.25, 0.3) is 0 Å². The summed E-state index contributed by atoms with van der Waals surface area (Å²) >= 11 is 0. The minimum absolute atomic E-state index is 0.407. The number of para-hydroxylation sites is 1. The first kappa shape index (κ1) is 17.7. The van der Waals surface area contributed by atoms with Crippen molar-refractivity contribution in [1.82, 2.24) is 14.9 Å². The van der Waals surface area contributed by atoms with Crippen molar-refractivity contribution in [3.8, 4) is 11.3 Å². The number of hydrogen-bond donors (Lipinski definition) is 1. The first-order valence-electron chi connectivity index (χ1n) is 9.87. The minimum Gasteiger partial charge on any atom is -0.406 e. The van der Waals surface area contributed by atoms with Crippen molar-refractivity contribution in [1.29, 1.82) is 0 Å². The molecule has 0 bridgehead atoms. The molecule has 0 radical (unpaired) electrons. The number of aromatic amines is 1. The van der Waals surface area contributed by atoms with Crippen LogP contribution in [0.5, 0.6) is 0 Å². The van der Waals surface area contributed by atoms with Gasteiger partial charge in [0.05, 0.1) is 22.6 Å². The molecule has 0 saturated carbocycles. The van der Waals surface area contributed by atoms with E-state index in [0.29, 0.717) is 5.58 Å². The first-order valence-corrected chi connectivity index (χ1v) is 9.87. The Balaban J connectivity index is 1.27. The molecule has 2 aromatic heterocycles. The zero-order valence-electron chi connectivity index (χ0n) is 16.0. The van der Waals surface area contributed by atoms with Gasteiger partial charge in [0.2, 0.25) is 0 Å². The second-order valence-electron chi connectivity index (χ2n) is 7.31. The van der Waals surface area contributed by atoms with Crippen LogP contribution in [0.25, 0.3) is 22.4 Å². The van der Waals surface area contributed by atoms with E-state index in [1.54, 1.807) is 0 Å². The highest BCUT2D eigenvalue weighted by Crippen LogP contribution is 2.26. The van der Waals surface area contributed by atoms with Gasteiger partial charge in [-0.1, -0.05) is 42.5 Å². The predicted octanol–water partition coefficient (Wildman–Crippen LogP) is 3.51. The molecular formula is C23H22N4O2. The molecular weight excluding hydrogens is 364 g/mol. The zero-order chi connectivity index (χ0) is 19.6. The largest absolute Gasteiger partial charge is 0.417 e. The van der Waals surface area contributed by atoms with Crippen LogP contribution in [0.3, 0.4) is 0 Å². The summed E-state index contributed by atoms with van der Waals surface area (Å²) in [7, 11) is 0. The van der Waals surface area contributed by atoms with Crippen molar-refractivity contribution in [3.63, 3.8) is 0 Å². The normalized spacial score (nSPS) is 15.1. The molecule has 0 unspecified atom stereocenters. The monoisotopic (exact) mass is 386 g/mol. The van der Waals surface area contributed by atoms with E-state index in [9.17, 15) is 4.79 Å². The van der Waals surface area contributed by atoms with Crippen LogP contribution in [0, 0.1) is 0 Å². The van der Waals surface area contributed by atoms with E-state index in [2.05, 4.69) is 45.1 Å². The molecule has 3 heterocycles. The molecule has 0 spiro atoms. The van der Waals surface area contributed by atoms with Crippen molar-refractivity contribution in [3.05, 3.63) is 83.0 Å². The highest BCUT2D eigenvalue weighted by atomic mass is 16.4. The van der Waals surface area contributed by atoms with Crippen LogP contribution in [0.15, 0.2) is 75.9 Å². The Morgan fingerprint density at radius 2 is 1.69 bits per heavy atom. The van der Waals surface area contributed by atoms with Crippen molar-refractivity contribution < 1.29 is 4.42 Å². The lowest BCUT2D eigenvalue weighted by Crippen LogP contribution is -2.46. The molecule has 4 aromatic rings. The third-order valence-electron chi connectivity index (χ3n) is 5.40. The summed E-state index contributed by atoms with van der Waals surface area (Å²) in [6, 6.07) is 22.3. The Bertz CT molecular complexity index is 1170. The smallest absolute Gasteiger partial charge is 0.406 e. The fourth-order valence-electron chi connectivity index (χ4n) is 3.92. The maximum absolute atomic E-state index is 11.6. The van der Waals surface area contributed by atoms with Gasteiger partial charge in [-0.2, -0.15) is 0 Å². The van der Waals surface area contributed by atoms with Crippen LogP contribution in [-0.4, -0.2) is 41.0 Å². The molecule has 1 aliphatic rings. The van der Waals surface area contributed by atoms with Crippen molar-refractivity contribution in [2.45, 2.75) is 6.54 Å². The van der Waals surface area contributed by atoms with Crippen LogP contribution in [0.4, 0.5) is 5.69 Å². The molecule has 0 aliphatic carbocycles. The van der Waals surface area contributed by atoms with Crippen LogP contribution in [0.1, 0.15) is 5.69 Å². The molecule has 146 valence electrons. The summed E-state index contributed by atoms with van der Waals surface area (Å²) in [6.45, 7) is 4.46. The van der Waals surface area contributed by atoms with Gasteiger partial charge in [-0.25, -0.2) is 4.79 Å². The Kier molecular flexibility index (Phi) is 4.62. The van der Waals surface area contributed by atoms with E-state index in [4.69, 9.17) is 9.40 Å². The lowest BCUT2D eigenvalue weighted by atomic mass is 10.1. The summed E-state index contributed by atoms with van der Waals surface area (Å²) in [5.74, 6) is -0.407. The van der Waals surface area contributed by atoms with Crippen LogP contribution in [0.2, 0.25) is 0 Å². The first-order chi connectivity index (χ1) is 14.3. The number of rotatable bonds is 4. The standard InChI is InChI=1S/C23H22N4O2/c28-23-25-20-10-5-11-21(22(20)29-23)27-14-12-26(13-15-27)16-18-8-4-9-19(24-18)17-6-2-1-3-7-17/h1-11H,12-16H2,(H,25,28). The van der Waals surface area contributed by atoms with Crippen LogP contribution < -0.4 is 10.7 Å². The molecule has 0 atom stereocenters. The Morgan fingerprint density at radius 1 is 0.897 bits per heavy atom. The number of nitrogens with zero attached hydrogens (tertiary/aromatic N) is 3. The van der Waals surface area contributed by atoms with Crippen molar-refractivity contribution in [2.24, 2.45) is 0 Å². The summed E-state index contributed by atoms with van der Waals surface area (Å²) in [5, 5.41) is 0. The van der Waals surface area contributed by atoms with E-state index < -0.39 is 5.76 Å². The van der Waals surface area contributed by atoms with Gasteiger partial charge in [0.1, 0.15) is 0 Å². The maximum Gasteiger partial charge on any atom is 0.417 e. The van der Waals surface area contributed by atoms with Gasteiger partial charge < -0.3 is 9.32 Å². The lowest BCUT2D eigenvalue weighted by molar-refractivity contribution is 0.247. The fraction of sp³-hybridized carbons (Fsp3) is 0.217. The molecule has 1 N–H and O–H groups in total. The Labute approximate surface area is 168 Å². The molecule has 1 fully saturated rings. The lowest BCUT2D eigenvalue weighted by Gasteiger charge is -2.35. The third-order valence-corrected chi connectivity index (χ3v) is 5.40. The van der Waals surface area contributed by atoms with E-state index in [-0.39, 0.29) is 0 Å². The van der Waals surface area contributed by atoms with E-state index in [1.165, 1.54) is 0 Å². The van der Waals surface area contributed by atoms with Crippen molar-refractivity contribution >= 4 is 16.8 Å². The number of oxazole rings is 1. The number of benzene rings is 2. The summed E-state index contributed by atoms with van der Waals surface area (Å²) in [6.07, 6.45) is 0. The Hall–Kier alpha value is -3.38. The number of piperazine rings is 1. The molecule has 5 rings (SSSR count). The average molecular weight is 386 g/mol. The Morgan fingerprint density at radius 3 is 2.52 bits per heavy atom. The summed E-state index contributed by atoms with van der Waals surface area (Å²) in [4.78, 5) is 23.8. The number of aromatic nitrogens is 2. The molecule has 6 heteroatoms. The van der Waals surface area contributed by atoms with Crippen LogP contribution in [-0.2, 0) is 6.54 Å². The number of nitrogens with one attached hydrogen (secondary N) is 1. The minimum atomic E-state index is -0.407. The van der Waals surface area contributed by atoms with E-state index in [1.807, 2.05) is 36.4 Å². The highest BCUT2D eigenvalue weighted by molar-refractivity contribution is 5.86. The molecule has 6 nitrogen and oxygen atoms in total. The van der Waals surface area contributed by atoms with Gasteiger partial charge in [0, 0.05) is 38.3 Å². The summed E-state index contributed by atoms with van der Waals surface area (Å²) in [5.41, 5.74) is 5.60. The van der Waals surface area contributed by atoms with E-state index >= 15 is 0 Å². The summed E-state index contributed by atoms with van der Waals surface area (Å²) < 4.78 is 5.35. The van der Waals surface area contributed by atoms with Gasteiger partial charge in [-0.15, -0.1) is 0 Å². The van der Waals surface area contributed by atoms with E-state index in [0.717, 1.165) is 60.9 Å². The highest BCUT2D eigenvalue weighted by Gasteiger charge is 2.20. The maximum atomic E-state index is 11.6. The van der Waals surface area contributed by atoms with Gasteiger partial charge in [-0.05, 0) is 24.3 Å². The predicted molar refractivity (Wildman–Crippen MR) is 114 cm³/mol. The van der Waals surface area contributed by atoms with Crippen molar-refractivity contribution in [2.75, 3.05) is 31.1 Å². The number of fused-ring (bicyclic) bond motifs is 1. The van der Waals surface area contributed by atoms with Gasteiger partial charge >= 0.3 is 5.76 Å². The second kappa shape index (κ2) is 7.56.